The highest BCUT2D eigenvalue weighted by atomic mass is 32.2. The van der Waals surface area contributed by atoms with Crippen LogP contribution >= 0.6 is 0 Å². The first-order valence-corrected chi connectivity index (χ1v) is 8.56. The molecule has 0 aromatic heterocycles. The molecule has 8 heteroatoms. The Morgan fingerprint density at radius 1 is 1.36 bits per heavy atom. The fourth-order valence-electron chi connectivity index (χ4n) is 2.33. The minimum absolute atomic E-state index is 0.0866. The third-order valence-corrected chi connectivity index (χ3v) is 5.18. The van der Waals surface area contributed by atoms with Gasteiger partial charge in [-0.25, -0.2) is 21.9 Å². The number of hydrogen-bond acceptors (Lipinski definition) is 4. The molecule has 5 nitrogen and oxygen atoms in total. The minimum Gasteiger partial charge on any atom is -0.379 e. The van der Waals surface area contributed by atoms with Crippen molar-refractivity contribution in [2.24, 2.45) is 0 Å². The molecule has 0 unspecified atom stereocenters. The number of benzene rings is 1. The number of rotatable bonds is 5. The summed E-state index contributed by atoms with van der Waals surface area (Å²) in [5, 5.41) is 0. The van der Waals surface area contributed by atoms with Crippen LogP contribution in [0.2, 0.25) is 0 Å². The van der Waals surface area contributed by atoms with E-state index in [9.17, 15) is 17.2 Å². The summed E-state index contributed by atoms with van der Waals surface area (Å²) in [6, 6.07) is 1.81. The van der Waals surface area contributed by atoms with Gasteiger partial charge in [-0.15, -0.1) is 0 Å². The summed E-state index contributed by atoms with van der Waals surface area (Å²) in [5.74, 6) is -1.85. The van der Waals surface area contributed by atoms with Crippen LogP contribution in [0.3, 0.4) is 0 Å². The number of hydrogen-bond donors (Lipinski definition) is 1. The normalized spacial score (nSPS) is 20.3. The number of nitrogens with zero attached hydrogens (tertiary/aromatic N) is 1. The molecule has 124 valence electrons. The van der Waals surface area contributed by atoms with E-state index >= 15 is 0 Å². The van der Waals surface area contributed by atoms with Crippen LogP contribution in [-0.4, -0.2) is 52.2 Å². The average molecular weight is 334 g/mol. The molecule has 1 aromatic rings. The highest BCUT2D eigenvalue weighted by Crippen LogP contribution is 2.18. The van der Waals surface area contributed by atoms with Crippen LogP contribution in [0.1, 0.15) is 12.5 Å². The van der Waals surface area contributed by atoms with Gasteiger partial charge in [0.2, 0.25) is 10.0 Å². The molecule has 1 aliphatic rings. The van der Waals surface area contributed by atoms with E-state index in [0.717, 1.165) is 12.6 Å². The van der Waals surface area contributed by atoms with E-state index in [1.54, 1.807) is 0 Å². The summed E-state index contributed by atoms with van der Waals surface area (Å²) in [6.45, 7) is 6.00. The van der Waals surface area contributed by atoms with Gasteiger partial charge < -0.3 is 4.74 Å². The van der Waals surface area contributed by atoms with Gasteiger partial charge >= 0.3 is 0 Å². The maximum absolute atomic E-state index is 13.7. The van der Waals surface area contributed by atoms with Gasteiger partial charge in [-0.05, 0) is 25.5 Å². The van der Waals surface area contributed by atoms with Crippen molar-refractivity contribution in [2.75, 3.05) is 32.8 Å². The van der Waals surface area contributed by atoms with Gasteiger partial charge in [0.05, 0.1) is 13.2 Å². The SMILES string of the molecule is Cc1cc(S(=O)(=O)NCCN2CCOC[C@H]2C)c(F)cc1F. The molecule has 1 aliphatic heterocycles. The summed E-state index contributed by atoms with van der Waals surface area (Å²) >= 11 is 0. The van der Waals surface area contributed by atoms with Crippen LogP contribution in [0.25, 0.3) is 0 Å². The average Bonchev–Trinajstić information content (AvgIpc) is 2.44. The molecule has 1 heterocycles. The minimum atomic E-state index is -4.00. The maximum atomic E-state index is 13.7. The first kappa shape index (κ1) is 17.3. The summed E-state index contributed by atoms with van der Waals surface area (Å²) < 4.78 is 58.8. The first-order valence-electron chi connectivity index (χ1n) is 7.08. The summed E-state index contributed by atoms with van der Waals surface area (Å²) in [5.41, 5.74) is 0.0866. The molecule has 1 aromatic carbocycles. The molecule has 2 rings (SSSR count). The van der Waals surface area contributed by atoms with Gasteiger partial charge in [-0.3, -0.25) is 4.90 Å². The topological polar surface area (TPSA) is 58.6 Å². The van der Waals surface area contributed by atoms with Gasteiger partial charge in [0.15, 0.2) is 0 Å². The van der Waals surface area contributed by atoms with Gasteiger partial charge in [0.1, 0.15) is 16.5 Å². The predicted octanol–water partition coefficient (Wildman–Crippen LogP) is 1.27. The Balaban J connectivity index is 2.01. The highest BCUT2D eigenvalue weighted by molar-refractivity contribution is 7.89. The molecule has 1 saturated heterocycles. The molecule has 1 atom stereocenters. The standard InChI is InChI=1S/C14H20F2N2O3S/c1-10-7-14(13(16)8-12(10)15)22(19,20)17-3-4-18-5-6-21-9-11(18)2/h7-8,11,17H,3-6,9H2,1-2H3/t11-/m1/s1. The molecule has 0 radical (unpaired) electrons. The molecule has 0 bridgehead atoms. The Kier molecular flexibility index (Phi) is 5.49. The van der Waals surface area contributed by atoms with Crippen LogP contribution in [0.4, 0.5) is 8.78 Å². The molecular formula is C14H20F2N2O3S. The van der Waals surface area contributed by atoms with Crippen LogP contribution in [-0.2, 0) is 14.8 Å². The second-order valence-electron chi connectivity index (χ2n) is 5.39. The highest BCUT2D eigenvalue weighted by Gasteiger charge is 2.22. The van der Waals surface area contributed by atoms with Crippen LogP contribution < -0.4 is 4.72 Å². The van der Waals surface area contributed by atoms with E-state index in [0.29, 0.717) is 25.8 Å². The molecule has 0 spiro atoms. The van der Waals surface area contributed by atoms with Crippen molar-refractivity contribution in [1.29, 1.82) is 0 Å². The zero-order chi connectivity index (χ0) is 16.3. The molecule has 0 amide bonds. The number of morpholine rings is 1. The van der Waals surface area contributed by atoms with Crippen molar-refractivity contribution in [3.8, 4) is 0 Å². The van der Waals surface area contributed by atoms with E-state index in [2.05, 4.69) is 9.62 Å². The molecule has 1 fully saturated rings. The van der Waals surface area contributed by atoms with Gasteiger partial charge in [0.25, 0.3) is 0 Å². The monoisotopic (exact) mass is 334 g/mol. The van der Waals surface area contributed by atoms with Crippen molar-refractivity contribution in [3.05, 3.63) is 29.3 Å². The van der Waals surface area contributed by atoms with E-state index in [1.807, 2.05) is 6.92 Å². The van der Waals surface area contributed by atoms with Crippen LogP contribution in [0.5, 0.6) is 0 Å². The quantitative estimate of drug-likeness (QED) is 0.881. The van der Waals surface area contributed by atoms with Crippen molar-refractivity contribution in [1.82, 2.24) is 9.62 Å². The Hall–Kier alpha value is -1.09. The lowest BCUT2D eigenvalue weighted by molar-refractivity contribution is 0.000988. The summed E-state index contributed by atoms with van der Waals surface area (Å²) in [4.78, 5) is 1.57. The molecule has 0 aliphatic carbocycles. The van der Waals surface area contributed by atoms with E-state index in [4.69, 9.17) is 4.74 Å². The Morgan fingerprint density at radius 2 is 2.09 bits per heavy atom. The van der Waals surface area contributed by atoms with Crippen molar-refractivity contribution >= 4 is 10.0 Å². The van der Waals surface area contributed by atoms with Gasteiger partial charge in [0, 0.05) is 31.7 Å². The lowest BCUT2D eigenvalue weighted by Crippen LogP contribution is -2.46. The Labute approximate surface area is 129 Å². The molecule has 0 saturated carbocycles. The third kappa shape index (κ3) is 4.01. The van der Waals surface area contributed by atoms with E-state index in [-0.39, 0.29) is 18.2 Å². The molecule has 1 N–H and O–H groups in total. The first-order chi connectivity index (χ1) is 10.3. The fourth-order valence-corrected chi connectivity index (χ4v) is 3.49. The number of ether oxygens (including phenoxy) is 1. The predicted molar refractivity (Wildman–Crippen MR) is 78.1 cm³/mol. The number of nitrogens with one attached hydrogen (secondary N) is 1. The fraction of sp³-hybridized carbons (Fsp3) is 0.571. The second kappa shape index (κ2) is 6.99. The number of halogens is 2. The summed E-state index contributed by atoms with van der Waals surface area (Å²) in [7, 11) is -4.00. The zero-order valence-corrected chi connectivity index (χ0v) is 13.4. The lowest BCUT2D eigenvalue weighted by atomic mass is 10.2. The third-order valence-electron chi connectivity index (χ3n) is 3.70. The smallest absolute Gasteiger partial charge is 0.243 e. The lowest BCUT2D eigenvalue weighted by Gasteiger charge is -2.33. The van der Waals surface area contributed by atoms with Crippen molar-refractivity contribution < 1.29 is 21.9 Å². The summed E-state index contributed by atoms with van der Waals surface area (Å²) in [6.07, 6.45) is 0. The zero-order valence-electron chi connectivity index (χ0n) is 12.6. The van der Waals surface area contributed by atoms with Crippen LogP contribution in [0.15, 0.2) is 17.0 Å². The Bertz CT molecular complexity index is 637. The van der Waals surface area contributed by atoms with Gasteiger partial charge in [-0.2, -0.15) is 0 Å². The van der Waals surface area contributed by atoms with Crippen LogP contribution in [0, 0.1) is 18.6 Å². The number of sulfonamides is 1. The largest absolute Gasteiger partial charge is 0.379 e. The number of aryl methyl sites for hydroxylation is 1. The van der Waals surface area contributed by atoms with E-state index in [1.165, 1.54) is 6.92 Å². The van der Waals surface area contributed by atoms with Crippen molar-refractivity contribution in [2.45, 2.75) is 24.8 Å². The maximum Gasteiger partial charge on any atom is 0.243 e. The Morgan fingerprint density at radius 3 is 2.77 bits per heavy atom. The van der Waals surface area contributed by atoms with Crippen molar-refractivity contribution in [3.63, 3.8) is 0 Å². The second-order valence-corrected chi connectivity index (χ2v) is 7.12. The molecule has 22 heavy (non-hydrogen) atoms. The van der Waals surface area contributed by atoms with Gasteiger partial charge in [-0.1, -0.05) is 0 Å². The van der Waals surface area contributed by atoms with E-state index < -0.39 is 26.6 Å². The molecular weight excluding hydrogens is 314 g/mol.